The number of aromatic nitrogens is 2. The fourth-order valence-corrected chi connectivity index (χ4v) is 1.82. The van der Waals surface area contributed by atoms with E-state index in [-0.39, 0.29) is 11.6 Å². The number of benzene rings is 1. The van der Waals surface area contributed by atoms with E-state index >= 15 is 0 Å². The second kappa shape index (κ2) is 7.40. The Balaban J connectivity index is 2.06. The highest BCUT2D eigenvalue weighted by atomic mass is 16.5. The standard InChI is InChI=1S/C16H20N4O2/c1-4-11(2)17-15-10-9-13(19-20-15)16(21)18-12-7-5-6-8-14(12)22-3/h5-11H,4H2,1-3H3,(H,17,20)(H,18,21). The monoisotopic (exact) mass is 300 g/mol. The number of hydrogen-bond donors (Lipinski definition) is 2. The minimum absolute atomic E-state index is 0.251. The first-order chi connectivity index (χ1) is 10.6. The van der Waals surface area contributed by atoms with Gasteiger partial charge in [-0.1, -0.05) is 19.1 Å². The molecule has 2 aromatic rings. The molecule has 22 heavy (non-hydrogen) atoms. The molecule has 2 N–H and O–H groups in total. The van der Waals surface area contributed by atoms with E-state index in [0.29, 0.717) is 23.3 Å². The van der Waals surface area contributed by atoms with Crippen LogP contribution in [0.2, 0.25) is 0 Å². The van der Waals surface area contributed by atoms with E-state index in [0.717, 1.165) is 6.42 Å². The van der Waals surface area contributed by atoms with Gasteiger partial charge in [-0.2, -0.15) is 0 Å². The van der Waals surface area contributed by atoms with Crippen LogP contribution in [0.3, 0.4) is 0 Å². The maximum absolute atomic E-state index is 12.2. The summed E-state index contributed by atoms with van der Waals surface area (Å²) >= 11 is 0. The molecule has 0 bridgehead atoms. The van der Waals surface area contributed by atoms with Crippen molar-refractivity contribution in [3.05, 3.63) is 42.1 Å². The van der Waals surface area contributed by atoms with Crippen molar-refractivity contribution in [3.63, 3.8) is 0 Å². The molecule has 0 spiro atoms. The molecule has 0 fully saturated rings. The summed E-state index contributed by atoms with van der Waals surface area (Å²) in [6, 6.07) is 10.9. The Kier molecular flexibility index (Phi) is 5.30. The van der Waals surface area contributed by atoms with E-state index < -0.39 is 0 Å². The lowest BCUT2D eigenvalue weighted by molar-refractivity contribution is 0.102. The van der Waals surface area contributed by atoms with Gasteiger partial charge in [-0.15, -0.1) is 10.2 Å². The summed E-state index contributed by atoms with van der Waals surface area (Å²) in [5.74, 6) is 0.925. The highest BCUT2D eigenvalue weighted by molar-refractivity contribution is 6.03. The molecule has 1 aromatic carbocycles. The second-order valence-electron chi connectivity index (χ2n) is 4.91. The van der Waals surface area contributed by atoms with Crippen LogP contribution >= 0.6 is 0 Å². The minimum Gasteiger partial charge on any atom is -0.495 e. The number of carbonyl (C=O) groups is 1. The molecular weight excluding hydrogens is 280 g/mol. The predicted octanol–water partition coefficient (Wildman–Crippen LogP) is 2.95. The van der Waals surface area contributed by atoms with Crippen molar-refractivity contribution >= 4 is 17.4 Å². The number of methoxy groups -OCH3 is 1. The van der Waals surface area contributed by atoms with Gasteiger partial charge in [0.05, 0.1) is 12.8 Å². The second-order valence-corrected chi connectivity index (χ2v) is 4.91. The Morgan fingerprint density at radius 3 is 2.64 bits per heavy atom. The fourth-order valence-electron chi connectivity index (χ4n) is 1.82. The third kappa shape index (κ3) is 3.94. The molecule has 2 rings (SSSR count). The van der Waals surface area contributed by atoms with Crippen LogP contribution < -0.4 is 15.4 Å². The molecule has 6 nitrogen and oxygen atoms in total. The molecular formula is C16H20N4O2. The maximum Gasteiger partial charge on any atom is 0.276 e. The fraction of sp³-hybridized carbons (Fsp3) is 0.312. The summed E-state index contributed by atoms with van der Waals surface area (Å²) in [7, 11) is 1.56. The van der Waals surface area contributed by atoms with Crippen LogP contribution in [-0.2, 0) is 0 Å². The minimum atomic E-state index is -0.327. The molecule has 6 heteroatoms. The van der Waals surface area contributed by atoms with Gasteiger partial charge < -0.3 is 15.4 Å². The average Bonchev–Trinajstić information content (AvgIpc) is 2.55. The molecule has 116 valence electrons. The Hall–Kier alpha value is -2.63. The van der Waals surface area contributed by atoms with Crippen molar-refractivity contribution in [2.75, 3.05) is 17.7 Å². The number of anilines is 2. The topological polar surface area (TPSA) is 76.1 Å². The molecule has 0 saturated carbocycles. The van der Waals surface area contributed by atoms with Crippen LogP contribution in [0.5, 0.6) is 5.75 Å². The third-order valence-corrected chi connectivity index (χ3v) is 3.26. The Bertz CT molecular complexity index is 628. The molecule has 1 unspecified atom stereocenters. The lowest BCUT2D eigenvalue weighted by Gasteiger charge is -2.12. The van der Waals surface area contributed by atoms with Crippen LogP contribution in [0.15, 0.2) is 36.4 Å². The number of nitrogens with one attached hydrogen (secondary N) is 2. The van der Waals surface area contributed by atoms with Gasteiger partial charge in [-0.25, -0.2) is 0 Å². The summed E-state index contributed by atoms with van der Waals surface area (Å²) < 4.78 is 5.20. The number of amides is 1. The van der Waals surface area contributed by atoms with Gasteiger partial charge in [-0.05, 0) is 37.6 Å². The number of nitrogens with zero attached hydrogens (tertiary/aromatic N) is 2. The molecule has 0 aliphatic carbocycles. The van der Waals surface area contributed by atoms with Crippen LogP contribution in [0, 0.1) is 0 Å². The highest BCUT2D eigenvalue weighted by Crippen LogP contribution is 2.23. The van der Waals surface area contributed by atoms with Gasteiger partial charge in [0.2, 0.25) is 0 Å². The van der Waals surface area contributed by atoms with E-state index in [9.17, 15) is 4.79 Å². The van der Waals surface area contributed by atoms with Gasteiger partial charge in [-0.3, -0.25) is 4.79 Å². The van der Waals surface area contributed by atoms with Crippen molar-refractivity contribution in [2.24, 2.45) is 0 Å². The summed E-state index contributed by atoms with van der Waals surface area (Å²) in [6.07, 6.45) is 0.984. The SMILES string of the molecule is CCC(C)Nc1ccc(C(=O)Nc2ccccc2OC)nn1. The Morgan fingerprint density at radius 2 is 2.00 bits per heavy atom. The van der Waals surface area contributed by atoms with E-state index in [1.165, 1.54) is 0 Å². The number of ether oxygens (including phenoxy) is 1. The van der Waals surface area contributed by atoms with Gasteiger partial charge in [0, 0.05) is 6.04 Å². The van der Waals surface area contributed by atoms with Gasteiger partial charge in [0.1, 0.15) is 11.6 Å². The van der Waals surface area contributed by atoms with Crippen molar-refractivity contribution in [3.8, 4) is 5.75 Å². The van der Waals surface area contributed by atoms with E-state index in [2.05, 4.69) is 34.7 Å². The molecule has 1 atom stereocenters. The van der Waals surface area contributed by atoms with Gasteiger partial charge in [0.25, 0.3) is 5.91 Å². The first kappa shape index (κ1) is 15.8. The van der Waals surface area contributed by atoms with E-state index in [1.54, 1.807) is 31.4 Å². The molecule has 0 saturated heterocycles. The van der Waals surface area contributed by atoms with Crippen molar-refractivity contribution in [2.45, 2.75) is 26.3 Å². The molecule has 0 aliphatic heterocycles. The summed E-state index contributed by atoms with van der Waals surface area (Å²) in [5, 5.41) is 13.9. The largest absolute Gasteiger partial charge is 0.495 e. The first-order valence-corrected chi connectivity index (χ1v) is 7.18. The third-order valence-electron chi connectivity index (χ3n) is 3.26. The zero-order valence-corrected chi connectivity index (χ0v) is 13.0. The molecule has 1 amide bonds. The van der Waals surface area contributed by atoms with Crippen molar-refractivity contribution < 1.29 is 9.53 Å². The summed E-state index contributed by atoms with van der Waals surface area (Å²) in [5.41, 5.74) is 0.846. The molecule has 0 radical (unpaired) electrons. The normalized spacial score (nSPS) is 11.6. The quantitative estimate of drug-likeness (QED) is 0.857. The van der Waals surface area contributed by atoms with E-state index in [4.69, 9.17) is 4.74 Å². The van der Waals surface area contributed by atoms with Gasteiger partial charge in [0.15, 0.2) is 5.69 Å². The lowest BCUT2D eigenvalue weighted by atomic mass is 10.2. The molecule has 1 aromatic heterocycles. The summed E-state index contributed by atoms with van der Waals surface area (Å²) in [6.45, 7) is 4.14. The maximum atomic E-state index is 12.2. The first-order valence-electron chi connectivity index (χ1n) is 7.18. The predicted molar refractivity (Wildman–Crippen MR) is 86.4 cm³/mol. The van der Waals surface area contributed by atoms with Crippen LogP contribution in [0.25, 0.3) is 0 Å². The Labute approximate surface area is 129 Å². The highest BCUT2D eigenvalue weighted by Gasteiger charge is 2.11. The zero-order chi connectivity index (χ0) is 15.9. The van der Waals surface area contributed by atoms with Crippen molar-refractivity contribution in [1.29, 1.82) is 0 Å². The zero-order valence-electron chi connectivity index (χ0n) is 13.0. The summed E-state index contributed by atoms with van der Waals surface area (Å²) in [4.78, 5) is 12.2. The number of carbonyl (C=O) groups excluding carboxylic acids is 1. The van der Waals surface area contributed by atoms with E-state index in [1.807, 2.05) is 12.1 Å². The average molecular weight is 300 g/mol. The molecule has 1 heterocycles. The number of rotatable bonds is 6. The van der Waals surface area contributed by atoms with Crippen LogP contribution in [-0.4, -0.2) is 29.3 Å². The van der Waals surface area contributed by atoms with Gasteiger partial charge >= 0.3 is 0 Å². The Morgan fingerprint density at radius 1 is 1.23 bits per heavy atom. The van der Waals surface area contributed by atoms with Crippen LogP contribution in [0.1, 0.15) is 30.8 Å². The molecule has 0 aliphatic rings. The smallest absolute Gasteiger partial charge is 0.276 e. The number of para-hydroxylation sites is 2. The van der Waals surface area contributed by atoms with Crippen LogP contribution in [0.4, 0.5) is 11.5 Å². The van der Waals surface area contributed by atoms with Crippen molar-refractivity contribution in [1.82, 2.24) is 10.2 Å². The number of hydrogen-bond acceptors (Lipinski definition) is 5. The lowest BCUT2D eigenvalue weighted by Crippen LogP contribution is -2.17.